The Morgan fingerprint density at radius 2 is 2.00 bits per heavy atom. The molecule has 1 aromatic heterocycles. The number of pyridine rings is 1. The molecule has 0 aromatic carbocycles. The van der Waals surface area contributed by atoms with E-state index in [0.29, 0.717) is 11.7 Å². The maximum Gasteiger partial charge on any atom is 0.147 e. The first-order valence-corrected chi connectivity index (χ1v) is 8.36. The van der Waals surface area contributed by atoms with Crippen molar-refractivity contribution in [3.05, 3.63) is 23.9 Å². The van der Waals surface area contributed by atoms with E-state index in [4.69, 9.17) is 0 Å². The minimum absolute atomic E-state index is 0.307. The van der Waals surface area contributed by atoms with Gasteiger partial charge in [0.1, 0.15) is 15.7 Å². The van der Waals surface area contributed by atoms with Crippen molar-refractivity contribution < 1.29 is 8.42 Å². The molecule has 1 aliphatic heterocycles. The quantitative estimate of drug-likeness (QED) is 0.836. The third kappa shape index (κ3) is 3.70. The number of aromatic nitrogens is 1. The summed E-state index contributed by atoms with van der Waals surface area (Å²) in [5, 5.41) is 0. The molecule has 100 valence electrons. The molecule has 0 unspecified atom stereocenters. The summed E-state index contributed by atoms with van der Waals surface area (Å²) in [4.78, 5) is 6.75. The molecule has 2 heterocycles. The molecule has 2 rings (SSSR count). The van der Waals surface area contributed by atoms with Crippen molar-refractivity contribution in [1.82, 2.24) is 4.98 Å². The van der Waals surface area contributed by atoms with Crippen LogP contribution in [0.4, 0.5) is 5.82 Å². The van der Waals surface area contributed by atoms with E-state index in [1.807, 2.05) is 25.1 Å². The molecular formula is C13H20N2O2S. The van der Waals surface area contributed by atoms with Gasteiger partial charge >= 0.3 is 0 Å². The minimum Gasteiger partial charge on any atom is -0.357 e. The first-order chi connectivity index (χ1) is 8.44. The third-order valence-electron chi connectivity index (χ3n) is 3.35. The van der Waals surface area contributed by atoms with Crippen LogP contribution in [-0.2, 0) is 9.84 Å². The van der Waals surface area contributed by atoms with E-state index >= 15 is 0 Å². The monoisotopic (exact) mass is 268 g/mol. The summed E-state index contributed by atoms with van der Waals surface area (Å²) in [5.74, 6) is 1.64. The highest BCUT2D eigenvalue weighted by molar-refractivity contribution is 7.90. The Balaban J connectivity index is 1.94. The predicted octanol–water partition coefficient (Wildman–Crippen LogP) is 1.65. The molecule has 0 saturated carbocycles. The Morgan fingerprint density at radius 3 is 2.56 bits per heavy atom. The second-order valence-electron chi connectivity index (χ2n) is 5.16. The highest BCUT2D eigenvalue weighted by Gasteiger charge is 2.22. The Kier molecular flexibility index (Phi) is 3.90. The summed E-state index contributed by atoms with van der Waals surface area (Å²) in [6, 6.07) is 6.02. The van der Waals surface area contributed by atoms with Gasteiger partial charge in [-0.3, -0.25) is 0 Å². The van der Waals surface area contributed by atoms with Gasteiger partial charge in [0.25, 0.3) is 0 Å². The Bertz CT molecular complexity index is 505. The van der Waals surface area contributed by atoms with Crippen LogP contribution in [0.5, 0.6) is 0 Å². The van der Waals surface area contributed by atoms with Gasteiger partial charge in [-0.25, -0.2) is 13.4 Å². The molecular weight excluding hydrogens is 248 g/mol. The van der Waals surface area contributed by atoms with Gasteiger partial charge in [0.2, 0.25) is 0 Å². The van der Waals surface area contributed by atoms with E-state index in [0.717, 1.165) is 37.4 Å². The maximum absolute atomic E-state index is 11.3. The molecule has 0 aliphatic carbocycles. The molecule has 1 saturated heterocycles. The number of piperidine rings is 1. The zero-order valence-electron chi connectivity index (χ0n) is 11.0. The topological polar surface area (TPSA) is 50.3 Å². The molecule has 0 atom stereocenters. The van der Waals surface area contributed by atoms with Gasteiger partial charge in [-0.05, 0) is 37.8 Å². The number of hydrogen-bond donors (Lipinski definition) is 0. The van der Waals surface area contributed by atoms with Gasteiger partial charge in [0, 0.05) is 25.0 Å². The van der Waals surface area contributed by atoms with Crippen LogP contribution in [-0.4, -0.2) is 38.5 Å². The molecule has 0 spiro atoms. The lowest BCUT2D eigenvalue weighted by molar-refractivity contribution is 0.434. The molecule has 0 N–H and O–H groups in total. The lowest BCUT2D eigenvalue weighted by atomic mass is 9.99. The summed E-state index contributed by atoms with van der Waals surface area (Å²) in [5.41, 5.74) is 1.02. The van der Waals surface area contributed by atoms with Crippen LogP contribution >= 0.6 is 0 Å². The Morgan fingerprint density at radius 1 is 1.33 bits per heavy atom. The van der Waals surface area contributed by atoms with Gasteiger partial charge in [-0.2, -0.15) is 0 Å². The van der Waals surface area contributed by atoms with Crippen molar-refractivity contribution in [2.75, 3.05) is 30.0 Å². The fourth-order valence-corrected chi connectivity index (χ4v) is 3.65. The molecule has 5 heteroatoms. The zero-order chi connectivity index (χ0) is 13.2. The fraction of sp³-hybridized carbons (Fsp3) is 0.615. The van der Waals surface area contributed by atoms with Crippen molar-refractivity contribution in [3.8, 4) is 0 Å². The number of aryl methyl sites for hydroxylation is 1. The molecule has 1 aromatic rings. The highest BCUT2D eigenvalue weighted by Crippen LogP contribution is 2.22. The molecule has 0 bridgehead atoms. The number of hydrogen-bond acceptors (Lipinski definition) is 4. The van der Waals surface area contributed by atoms with E-state index in [1.165, 1.54) is 6.26 Å². The van der Waals surface area contributed by atoms with Crippen LogP contribution in [0.25, 0.3) is 0 Å². The average Bonchev–Trinajstić information content (AvgIpc) is 2.28. The zero-order valence-corrected chi connectivity index (χ0v) is 11.8. The molecule has 0 radical (unpaired) electrons. The van der Waals surface area contributed by atoms with Crippen molar-refractivity contribution in [1.29, 1.82) is 0 Å². The first kappa shape index (κ1) is 13.3. The number of anilines is 1. The Hall–Kier alpha value is -1.10. The summed E-state index contributed by atoms with van der Waals surface area (Å²) in [7, 11) is -2.85. The summed E-state index contributed by atoms with van der Waals surface area (Å²) in [6.07, 6.45) is 3.19. The lowest BCUT2D eigenvalue weighted by Crippen LogP contribution is -2.36. The first-order valence-electron chi connectivity index (χ1n) is 6.30. The average molecular weight is 268 g/mol. The maximum atomic E-state index is 11.3. The lowest BCUT2D eigenvalue weighted by Gasteiger charge is -2.32. The second kappa shape index (κ2) is 5.26. The summed E-state index contributed by atoms with van der Waals surface area (Å²) >= 11 is 0. The summed E-state index contributed by atoms with van der Waals surface area (Å²) < 4.78 is 22.5. The predicted molar refractivity (Wildman–Crippen MR) is 73.6 cm³/mol. The fourth-order valence-electron chi connectivity index (χ4n) is 2.46. The van der Waals surface area contributed by atoms with Crippen LogP contribution < -0.4 is 4.90 Å². The normalized spacial score (nSPS) is 18.0. The van der Waals surface area contributed by atoms with Crippen LogP contribution in [0.15, 0.2) is 18.2 Å². The molecule has 18 heavy (non-hydrogen) atoms. The SMILES string of the molecule is Cc1cccc(N2CCC(CS(C)(=O)=O)CC2)n1. The van der Waals surface area contributed by atoms with Gasteiger partial charge in [0.05, 0.1) is 5.75 Å². The van der Waals surface area contributed by atoms with Crippen molar-refractivity contribution >= 4 is 15.7 Å². The number of rotatable bonds is 3. The smallest absolute Gasteiger partial charge is 0.147 e. The largest absolute Gasteiger partial charge is 0.357 e. The minimum atomic E-state index is -2.85. The molecule has 0 amide bonds. The highest BCUT2D eigenvalue weighted by atomic mass is 32.2. The second-order valence-corrected chi connectivity index (χ2v) is 7.34. The van der Waals surface area contributed by atoms with Crippen LogP contribution in [0.3, 0.4) is 0 Å². The molecule has 1 fully saturated rings. The van der Waals surface area contributed by atoms with Crippen molar-refractivity contribution in [2.45, 2.75) is 19.8 Å². The standard InChI is InChI=1S/C13H20N2O2S/c1-11-4-3-5-13(14-11)15-8-6-12(7-9-15)10-18(2,16)17/h3-5,12H,6-10H2,1-2H3. The van der Waals surface area contributed by atoms with Gasteiger partial charge in [-0.1, -0.05) is 6.07 Å². The Labute approximate surface area is 109 Å². The van der Waals surface area contributed by atoms with Crippen LogP contribution in [0, 0.1) is 12.8 Å². The van der Waals surface area contributed by atoms with E-state index in [1.54, 1.807) is 0 Å². The van der Waals surface area contributed by atoms with Crippen LogP contribution in [0.2, 0.25) is 0 Å². The number of sulfone groups is 1. The van der Waals surface area contributed by atoms with Gasteiger partial charge in [-0.15, -0.1) is 0 Å². The van der Waals surface area contributed by atoms with E-state index < -0.39 is 9.84 Å². The van der Waals surface area contributed by atoms with E-state index in [9.17, 15) is 8.42 Å². The van der Waals surface area contributed by atoms with Crippen molar-refractivity contribution in [2.24, 2.45) is 5.92 Å². The van der Waals surface area contributed by atoms with Gasteiger partial charge < -0.3 is 4.90 Å². The van der Waals surface area contributed by atoms with E-state index in [2.05, 4.69) is 9.88 Å². The van der Waals surface area contributed by atoms with E-state index in [-0.39, 0.29) is 0 Å². The van der Waals surface area contributed by atoms with Gasteiger partial charge in [0.15, 0.2) is 0 Å². The molecule has 4 nitrogen and oxygen atoms in total. The van der Waals surface area contributed by atoms with Crippen LogP contribution in [0.1, 0.15) is 18.5 Å². The molecule has 1 aliphatic rings. The summed E-state index contributed by atoms with van der Waals surface area (Å²) in [6.45, 7) is 3.78. The van der Waals surface area contributed by atoms with Crippen molar-refractivity contribution in [3.63, 3.8) is 0 Å². The number of nitrogens with zero attached hydrogens (tertiary/aromatic N) is 2. The third-order valence-corrected chi connectivity index (χ3v) is 4.43.